The molecule has 4 aliphatic heterocycles. The van der Waals surface area contributed by atoms with Gasteiger partial charge in [-0.1, -0.05) is 17.7 Å². The van der Waals surface area contributed by atoms with Gasteiger partial charge in [-0.25, -0.2) is 13.2 Å². The van der Waals surface area contributed by atoms with Gasteiger partial charge in [-0.15, -0.1) is 11.3 Å². The first-order valence-electron chi connectivity index (χ1n) is 15.4. The normalized spacial score (nSPS) is 26.5. The van der Waals surface area contributed by atoms with Gasteiger partial charge >= 0.3 is 6.01 Å². The van der Waals surface area contributed by atoms with E-state index in [-0.39, 0.29) is 61.0 Å². The van der Waals surface area contributed by atoms with Crippen molar-refractivity contribution < 1.29 is 17.9 Å². The van der Waals surface area contributed by atoms with Crippen LogP contribution in [0, 0.1) is 23.0 Å². The molecule has 0 aliphatic carbocycles. The molecule has 45 heavy (non-hydrogen) atoms. The molecule has 4 aromatic rings. The second kappa shape index (κ2) is 10.9. The highest BCUT2D eigenvalue weighted by atomic mass is 35.5. The molecule has 0 saturated carbocycles. The monoisotopic (exact) mass is 653 g/mol. The number of benzene rings is 2. The Labute approximate surface area is 266 Å². The topological polar surface area (TPSA) is 103 Å². The zero-order chi connectivity index (χ0) is 31.0. The van der Waals surface area contributed by atoms with Crippen molar-refractivity contribution in [3.8, 4) is 23.2 Å². The number of nitrogen functional groups attached to an aromatic ring is 1. The fourth-order valence-electron chi connectivity index (χ4n) is 8.00. The maximum atomic E-state index is 16.9. The number of ether oxygens (including phenoxy) is 1. The highest BCUT2D eigenvalue weighted by Crippen LogP contribution is 2.46. The summed E-state index contributed by atoms with van der Waals surface area (Å²) in [5.41, 5.74) is 5.95. The molecule has 0 spiro atoms. The molecular weight excluding hydrogens is 623 g/mol. The highest BCUT2D eigenvalue weighted by molar-refractivity contribution is 7.23. The smallest absolute Gasteiger partial charge is 0.319 e. The minimum absolute atomic E-state index is 0.00604. The number of nitrogens with zero attached hydrogens (tertiary/aromatic N) is 5. The minimum Gasteiger partial charge on any atom is -0.461 e. The number of hydrogen-bond donors (Lipinski definition) is 2. The third kappa shape index (κ3) is 4.70. The van der Waals surface area contributed by atoms with Crippen LogP contribution in [0.5, 0.6) is 6.01 Å². The summed E-state index contributed by atoms with van der Waals surface area (Å²) in [6.45, 7) is 2.79. The first kappa shape index (κ1) is 29.1. The number of hydrogen-bond acceptors (Lipinski definition) is 9. The third-order valence-electron chi connectivity index (χ3n) is 10.1. The van der Waals surface area contributed by atoms with Crippen molar-refractivity contribution >= 4 is 54.7 Å². The number of rotatable bonds is 5. The molecule has 8 rings (SSSR count). The Bertz CT molecular complexity index is 1900. The summed E-state index contributed by atoms with van der Waals surface area (Å²) in [6, 6.07) is 7.03. The van der Waals surface area contributed by atoms with Gasteiger partial charge in [0.25, 0.3) is 0 Å². The number of alkyl halides is 1. The lowest BCUT2D eigenvalue weighted by molar-refractivity contribution is 0.107. The predicted octanol–water partition coefficient (Wildman–Crippen LogP) is 6.18. The molecule has 8 nitrogen and oxygen atoms in total. The molecule has 3 N–H and O–H groups in total. The summed E-state index contributed by atoms with van der Waals surface area (Å²) >= 11 is 7.79. The molecule has 4 saturated heterocycles. The minimum atomic E-state index is -0.916. The molecular formula is C32H31ClF3N7OS. The van der Waals surface area contributed by atoms with Crippen LogP contribution < -0.4 is 20.7 Å². The van der Waals surface area contributed by atoms with Crippen molar-refractivity contribution in [3.63, 3.8) is 0 Å². The maximum absolute atomic E-state index is 16.9. The second-order valence-electron chi connectivity index (χ2n) is 12.8. The van der Waals surface area contributed by atoms with Crippen molar-refractivity contribution in [2.75, 3.05) is 43.4 Å². The van der Waals surface area contributed by atoms with E-state index in [1.165, 1.54) is 12.1 Å². The predicted molar refractivity (Wildman–Crippen MR) is 170 cm³/mol. The number of nitrogens with two attached hydrogens (primary N) is 1. The molecule has 2 bridgehead atoms. The molecule has 4 aliphatic rings. The van der Waals surface area contributed by atoms with Crippen LogP contribution in [0.25, 0.3) is 32.1 Å². The van der Waals surface area contributed by atoms with Gasteiger partial charge in [-0.3, -0.25) is 4.90 Å². The van der Waals surface area contributed by atoms with Gasteiger partial charge in [-0.05, 0) is 56.3 Å². The number of anilines is 2. The molecule has 6 heterocycles. The average molecular weight is 654 g/mol. The van der Waals surface area contributed by atoms with E-state index in [0.717, 1.165) is 50.0 Å². The van der Waals surface area contributed by atoms with Gasteiger partial charge in [0.1, 0.15) is 41.0 Å². The Morgan fingerprint density at radius 2 is 2.02 bits per heavy atom. The first-order chi connectivity index (χ1) is 21.7. The largest absolute Gasteiger partial charge is 0.461 e. The van der Waals surface area contributed by atoms with E-state index in [0.29, 0.717) is 43.3 Å². The molecule has 2 aromatic carbocycles. The Morgan fingerprint density at radius 1 is 1.18 bits per heavy atom. The van der Waals surface area contributed by atoms with E-state index in [9.17, 15) is 14.0 Å². The van der Waals surface area contributed by atoms with Crippen LogP contribution in [0.2, 0.25) is 5.02 Å². The second-order valence-corrected chi connectivity index (χ2v) is 14.2. The van der Waals surface area contributed by atoms with Crippen molar-refractivity contribution in [1.29, 1.82) is 5.26 Å². The number of nitriles is 1. The molecule has 0 amide bonds. The van der Waals surface area contributed by atoms with E-state index in [4.69, 9.17) is 27.1 Å². The number of aromatic nitrogens is 2. The Kier molecular flexibility index (Phi) is 7.02. The summed E-state index contributed by atoms with van der Waals surface area (Å²) in [7, 11) is 0. The zero-order valence-corrected chi connectivity index (χ0v) is 26.0. The standard InChI is InChI=1S/C32H31ClF3N7OS/c33-22-10-20-27(26(36)25(22)19-4-5-23(35)28-24(19)21(12-37)29(38)45-28)40-31(44-15-32-7-1-8-43(32)13-16(34)11-32)41-30(20)42-9-6-17-2-3-18(14-42)39-17/h4-5,10,16-18,39H,1-3,6-9,11,13-15,38H2/t16-,17?,18?,32+/m1/s1. The Hall–Kier alpha value is -3.37. The lowest BCUT2D eigenvalue weighted by Gasteiger charge is -2.31. The summed E-state index contributed by atoms with van der Waals surface area (Å²) in [5.74, 6) is -0.766. The molecule has 13 heteroatoms. The third-order valence-corrected chi connectivity index (χ3v) is 11.4. The van der Waals surface area contributed by atoms with Crippen molar-refractivity contribution in [2.45, 2.75) is 62.3 Å². The van der Waals surface area contributed by atoms with E-state index in [1.54, 1.807) is 6.07 Å². The van der Waals surface area contributed by atoms with Crippen LogP contribution in [0.3, 0.4) is 0 Å². The van der Waals surface area contributed by atoms with Crippen molar-refractivity contribution in [3.05, 3.63) is 40.4 Å². The van der Waals surface area contributed by atoms with Gasteiger partial charge in [0, 0.05) is 54.5 Å². The average Bonchev–Trinajstić information content (AvgIpc) is 3.73. The zero-order valence-electron chi connectivity index (χ0n) is 24.4. The van der Waals surface area contributed by atoms with Crippen LogP contribution in [0.15, 0.2) is 18.2 Å². The van der Waals surface area contributed by atoms with Gasteiger partial charge in [-0.2, -0.15) is 15.2 Å². The maximum Gasteiger partial charge on any atom is 0.319 e. The highest BCUT2D eigenvalue weighted by Gasteiger charge is 2.49. The van der Waals surface area contributed by atoms with Crippen LogP contribution in [-0.4, -0.2) is 71.4 Å². The molecule has 0 radical (unpaired) electrons. The van der Waals surface area contributed by atoms with Crippen molar-refractivity contribution in [2.24, 2.45) is 0 Å². The van der Waals surface area contributed by atoms with Gasteiger partial charge in [0.15, 0.2) is 5.82 Å². The van der Waals surface area contributed by atoms with Crippen LogP contribution in [-0.2, 0) is 0 Å². The lowest BCUT2D eigenvalue weighted by atomic mass is 9.95. The fraction of sp³-hybridized carbons (Fsp3) is 0.469. The lowest BCUT2D eigenvalue weighted by Crippen LogP contribution is -2.43. The van der Waals surface area contributed by atoms with E-state index in [1.807, 2.05) is 6.07 Å². The quantitative estimate of drug-likeness (QED) is 0.263. The van der Waals surface area contributed by atoms with Gasteiger partial charge in [0.05, 0.1) is 20.8 Å². The number of thiophene rings is 1. The molecule has 2 aromatic heterocycles. The SMILES string of the molecule is N#Cc1c(N)sc2c(F)ccc(-c3c(Cl)cc4c(N5CCC6CCC(C5)N6)nc(OC[C@@]56CCCN5C[C@H](F)C6)nc4c3F)c12. The van der Waals surface area contributed by atoms with Gasteiger partial charge in [0.2, 0.25) is 0 Å². The number of fused-ring (bicyclic) bond motifs is 5. The van der Waals surface area contributed by atoms with Crippen LogP contribution >= 0.6 is 22.9 Å². The molecule has 4 fully saturated rings. The summed E-state index contributed by atoms with van der Waals surface area (Å²) in [5, 5.41) is 14.4. The Balaban J connectivity index is 1.29. The van der Waals surface area contributed by atoms with Crippen LogP contribution in [0.4, 0.5) is 24.0 Å². The van der Waals surface area contributed by atoms with Gasteiger partial charge < -0.3 is 20.7 Å². The molecule has 2 unspecified atom stereocenters. The number of halogens is 4. The summed E-state index contributed by atoms with van der Waals surface area (Å²) in [6.07, 6.45) is 4.32. The Morgan fingerprint density at radius 3 is 2.87 bits per heavy atom. The van der Waals surface area contributed by atoms with Crippen LogP contribution in [0.1, 0.15) is 44.1 Å². The molecule has 234 valence electrons. The van der Waals surface area contributed by atoms with E-state index >= 15 is 4.39 Å². The van der Waals surface area contributed by atoms with Crippen molar-refractivity contribution in [1.82, 2.24) is 20.2 Å². The van der Waals surface area contributed by atoms with E-state index in [2.05, 4.69) is 20.1 Å². The van der Waals surface area contributed by atoms with E-state index < -0.39 is 23.3 Å². The first-order valence-corrected chi connectivity index (χ1v) is 16.6. The number of nitrogens with one attached hydrogen (secondary N) is 1. The fourth-order valence-corrected chi connectivity index (χ4v) is 9.25. The summed E-state index contributed by atoms with van der Waals surface area (Å²) < 4.78 is 52.7. The molecule has 4 atom stereocenters. The summed E-state index contributed by atoms with van der Waals surface area (Å²) in [4.78, 5) is 13.7.